The van der Waals surface area contributed by atoms with Crippen LogP contribution in [0.2, 0.25) is 10.0 Å². The van der Waals surface area contributed by atoms with Crippen molar-refractivity contribution in [3.05, 3.63) is 50.9 Å². The smallest absolute Gasteiger partial charge is 0.291 e. The summed E-state index contributed by atoms with van der Waals surface area (Å²) in [5.41, 5.74) is -0.196. The molecule has 0 bridgehead atoms. The summed E-state index contributed by atoms with van der Waals surface area (Å²) in [5, 5.41) is 3.83. The van der Waals surface area contributed by atoms with Gasteiger partial charge in [0.15, 0.2) is 0 Å². The van der Waals surface area contributed by atoms with Crippen LogP contribution in [0, 0.1) is 0 Å². The molecule has 154 valence electrons. The molecular formula is C18H24Cl2N4O3S. The molecule has 1 N–H and O–H groups in total. The van der Waals surface area contributed by atoms with Crippen LogP contribution in [-0.2, 0) is 10.0 Å². The van der Waals surface area contributed by atoms with Crippen LogP contribution >= 0.6 is 23.2 Å². The lowest BCUT2D eigenvalue weighted by atomic mass is 10.2. The highest BCUT2D eigenvalue weighted by Gasteiger charge is 2.17. The molecule has 10 heteroatoms. The standard InChI is InChI=1S/C18H24Cl2N4O3S/c1-12(2)23(13(3)4)10-9-22-28(26,27)15-7-5-14(6-8-15)24-18(25)17(20)16(19)11-21-24/h5-8,11-13,22H,9-10H2,1-4H3. The van der Waals surface area contributed by atoms with Crippen LogP contribution in [0.4, 0.5) is 0 Å². The Bertz CT molecular complexity index is 965. The summed E-state index contributed by atoms with van der Waals surface area (Å²) in [4.78, 5) is 14.4. The van der Waals surface area contributed by atoms with Gasteiger partial charge in [-0.3, -0.25) is 9.69 Å². The number of hydrogen-bond acceptors (Lipinski definition) is 5. The molecule has 0 aliphatic rings. The van der Waals surface area contributed by atoms with Crippen LogP contribution in [0.1, 0.15) is 27.7 Å². The molecule has 0 saturated carbocycles. The summed E-state index contributed by atoms with van der Waals surface area (Å²) in [6, 6.07) is 6.44. The Morgan fingerprint density at radius 2 is 1.68 bits per heavy atom. The second-order valence-corrected chi connectivity index (χ2v) is 9.39. The number of nitrogens with one attached hydrogen (secondary N) is 1. The van der Waals surface area contributed by atoms with E-state index >= 15 is 0 Å². The van der Waals surface area contributed by atoms with Crippen molar-refractivity contribution in [2.24, 2.45) is 0 Å². The number of nitrogens with zero attached hydrogens (tertiary/aromatic N) is 3. The first-order valence-corrected chi connectivity index (χ1v) is 11.1. The second-order valence-electron chi connectivity index (χ2n) is 6.84. The summed E-state index contributed by atoms with van der Waals surface area (Å²) in [5.74, 6) is 0. The van der Waals surface area contributed by atoms with Crippen molar-refractivity contribution in [1.82, 2.24) is 19.4 Å². The van der Waals surface area contributed by atoms with Gasteiger partial charge in [0.25, 0.3) is 5.56 Å². The number of sulfonamides is 1. The topological polar surface area (TPSA) is 84.3 Å². The third kappa shape index (κ3) is 5.33. The Kier molecular flexibility index (Phi) is 7.64. The zero-order valence-corrected chi connectivity index (χ0v) is 18.5. The van der Waals surface area contributed by atoms with Gasteiger partial charge in [0.1, 0.15) is 5.02 Å². The normalized spacial score (nSPS) is 12.3. The Labute approximate surface area is 175 Å². The van der Waals surface area contributed by atoms with Crippen molar-refractivity contribution in [1.29, 1.82) is 0 Å². The molecule has 0 unspecified atom stereocenters. The molecule has 1 aromatic heterocycles. The molecular weight excluding hydrogens is 423 g/mol. The minimum Gasteiger partial charge on any atom is -0.297 e. The van der Waals surface area contributed by atoms with Gasteiger partial charge in [0.05, 0.1) is 21.8 Å². The minimum atomic E-state index is -3.66. The quantitative estimate of drug-likeness (QED) is 0.673. The van der Waals surface area contributed by atoms with Gasteiger partial charge >= 0.3 is 0 Å². The average Bonchev–Trinajstić information content (AvgIpc) is 2.63. The highest BCUT2D eigenvalue weighted by atomic mass is 35.5. The Hall–Kier alpha value is -1.45. The zero-order chi connectivity index (χ0) is 21.1. The number of benzene rings is 1. The Balaban J connectivity index is 2.14. The van der Waals surface area contributed by atoms with E-state index in [0.29, 0.717) is 30.9 Å². The lowest BCUT2D eigenvalue weighted by molar-refractivity contribution is 0.179. The summed E-state index contributed by atoms with van der Waals surface area (Å²) in [6.45, 7) is 9.21. The third-order valence-corrected chi connectivity index (χ3v) is 6.48. The SMILES string of the molecule is CC(C)N(CCNS(=O)(=O)c1ccc(-n2ncc(Cl)c(Cl)c2=O)cc1)C(C)C. The molecule has 1 aromatic carbocycles. The van der Waals surface area contributed by atoms with Gasteiger partial charge in [0, 0.05) is 25.2 Å². The van der Waals surface area contributed by atoms with Crippen LogP contribution in [0.25, 0.3) is 5.69 Å². The van der Waals surface area contributed by atoms with Crippen LogP contribution in [0.15, 0.2) is 40.2 Å². The van der Waals surface area contributed by atoms with Crippen molar-refractivity contribution < 1.29 is 8.42 Å². The van der Waals surface area contributed by atoms with Gasteiger partial charge in [-0.15, -0.1) is 0 Å². The van der Waals surface area contributed by atoms with E-state index in [1.54, 1.807) is 0 Å². The van der Waals surface area contributed by atoms with Crippen molar-refractivity contribution in [2.75, 3.05) is 13.1 Å². The molecule has 0 aliphatic heterocycles. The molecule has 0 amide bonds. The second kappa shape index (κ2) is 9.37. The summed E-state index contributed by atoms with van der Waals surface area (Å²) < 4.78 is 28.7. The molecule has 7 nitrogen and oxygen atoms in total. The van der Waals surface area contributed by atoms with Gasteiger partial charge < -0.3 is 0 Å². The van der Waals surface area contributed by atoms with Crippen molar-refractivity contribution in [3.8, 4) is 5.69 Å². The van der Waals surface area contributed by atoms with E-state index < -0.39 is 15.6 Å². The van der Waals surface area contributed by atoms with Crippen LogP contribution in [0.3, 0.4) is 0 Å². The molecule has 0 spiro atoms. The van der Waals surface area contributed by atoms with Crippen LogP contribution < -0.4 is 10.3 Å². The van der Waals surface area contributed by atoms with E-state index in [-0.39, 0.29) is 14.9 Å². The van der Waals surface area contributed by atoms with E-state index in [4.69, 9.17) is 23.2 Å². The van der Waals surface area contributed by atoms with Gasteiger partial charge in [-0.25, -0.2) is 13.1 Å². The maximum Gasteiger partial charge on any atom is 0.291 e. The zero-order valence-electron chi connectivity index (χ0n) is 16.2. The van der Waals surface area contributed by atoms with Gasteiger partial charge in [-0.05, 0) is 52.0 Å². The van der Waals surface area contributed by atoms with Crippen molar-refractivity contribution in [3.63, 3.8) is 0 Å². The fraction of sp³-hybridized carbons (Fsp3) is 0.444. The maximum atomic E-state index is 12.5. The lowest BCUT2D eigenvalue weighted by Gasteiger charge is -2.30. The largest absolute Gasteiger partial charge is 0.297 e. The third-order valence-electron chi connectivity index (χ3n) is 4.26. The predicted molar refractivity (Wildman–Crippen MR) is 112 cm³/mol. The highest BCUT2D eigenvalue weighted by molar-refractivity contribution is 7.89. The highest BCUT2D eigenvalue weighted by Crippen LogP contribution is 2.17. The number of halogens is 2. The van der Waals surface area contributed by atoms with Gasteiger partial charge in [0.2, 0.25) is 10.0 Å². The van der Waals surface area contributed by atoms with E-state index in [2.05, 4.69) is 42.4 Å². The molecule has 0 atom stereocenters. The first-order chi connectivity index (χ1) is 13.0. The molecule has 0 aliphatic carbocycles. The molecule has 28 heavy (non-hydrogen) atoms. The van der Waals surface area contributed by atoms with Crippen molar-refractivity contribution >= 4 is 33.2 Å². The minimum absolute atomic E-state index is 0.0585. The van der Waals surface area contributed by atoms with Crippen molar-refractivity contribution in [2.45, 2.75) is 44.7 Å². The molecule has 0 radical (unpaired) electrons. The fourth-order valence-electron chi connectivity index (χ4n) is 2.87. The van der Waals surface area contributed by atoms with Crippen LogP contribution in [-0.4, -0.2) is 48.3 Å². The maximum absolute atomic E-state index is 12.5. The predicted octanol–water partition coefficient (Wildman–Crippen LogP) is 2.94. The fourth-order valence-corrected chi connectivity index (χ4v) is 4.14. The average molecular weight is 447 g/mol. The molecule has 2 aromatic rings. The lowest BCUT2D eigenvalue weighted by Crippen LogP contribution is -2.42. The van der Waals surface area contributed by atoms with Gasteiger partial charge in [-0.1, -0.05) is 23.2 Å². The summed E-state index contributed by atoms with van der Waals surface area (Å²) in [6.07, 6.45) is 1.26. The number of rotatable bonds is 8. The van der Waals surface area contributed by atoms with E-state index in [1.165, 1.54) is 30.5 Å². The molecule has 0 fully saturated rings. The molecule has 1 heterocycles. The Morgan fingerprint density at radius 1 is 1.11 bits per heavy atom. The van der Waals surface area contributed by atoms with Crippen LogP contribution in [0.5, 0.6) is 0 Å². The molecule has 0 saturated heterocycles. The number of aromatic nitrogens is 2. The monoisotopic (exact) mass is 446 g/mol. The first kappa shape index (κ1) is 22.8. The van der Waals surface area contributed by atoms with E-state index in [9.17, 15) is 13.2 Å². The Morgan fingerprint density at radius 3 is 2.21 bits per heavy atom. The summed E-state index contributed by atoms with van der Waals surface area (Å²) in [7, 11) is -3.66. The number of hydrogen-bond donors (Lipinski definition) is 1. The van der Waals surface area contributed by atoms with E-state index in [0.717, 1.165) is 4.68 Å². The summed E-state index contributed by atoms with van der Waals surface area (Å²) >= 11 is 11.6. The van der Waals surface area contributed by atoms with Gasteiger partial charge in [-0.2, -0.15) is 9.78 Å². The molecule has 2 rings (SSSR count). The first-order valence-electron chi connectivity index (χ1n) is 8.83. The van der Waals surface area contributed by atoms with E-state index in [1.807, 2.05) is 0 Å².